The number of hydrogen-bond acceptors (Lipinski definition) is 1. The van der Waals surface area contributed by atoms with E-state index < -0.39 is 5.97 Å². The predicted molar refractivity (Wildman–Crippen MR) is 58.2 cm³/mol. The number of carbonyl (C=O) groups is 1. The van der Waals surface area contributed by atoms with Crippen LogP contribution in [0.3, 0.4) is 0 Å². The van der Waals surface area contributed by atoms with Crippen molar-refractivity contribution in [1.29, 1.82) is 0 Å². The van der Waals surface area contributed by atoms with Gasteiger partial charge in [0.05, 0.1) is 5.02 Å². The summed E-state index contributed by atoms with van der Waals surface area (Å²) in [7, 11) is 0. The lowest BCUT2D eigenvalue weighted by Crippen LogP contribution is -1.87. The molecule has 0 amide bonds. The van der Waals surface area contributed by atoms with Gasteiger partial charge in [-0.3, -0.25) is 0 Å². The minimum atomic E-state index is -1.19. The molecule has 0 aliphatic rings. The van der Waals surface area contributed by atoms with E-state index in [4.69, 9.17) is 28.3 Å². The van der Waals surface area contributed by atoms with Crippen LogP contribution in [0.25, 0.3) is 0 Å². The first-order valence-electron chi connectivity index (χ1n) is 3.29. The summed E-state index contributed by atoms with van der Waals surface area (Å²) in [6.45, 7) is 0. The summed E-state index contributed by atoms with van der Waals surface area (Å²) < 4.78 is 0. The van der Waals surface area contributed by atoms with Crippen molar-refractivity contribution in [2.75, 3.05) is 0 Å². The Kier molecular flexibility index (Phi) is 5.40. The van der Waals surface area contributed by atoms with Crippen molar-refractivity contribution in [3.05, 3.63) is 33.8 Å². The number of benzene rings is 1. The fourth-order valence-electron chi connectivity index (χ4n) is 0.712. The molecule has 2 nitrogen and oxygen atoms in total. The highest BCUT2D eigenvalue weighted by Crippen LogP contribution is 2.19. The summed E-state index contributed by atoms with van der Waals surface area (Å²) in [5, 5.41) is 9.12. The molecule has 0 aliphatic carbocycles. The zero-order valence-corrected chi connectivity index (χ0v) is 9.08. The number of halogens is 3. The molecule has 0 saturated carbocycles. The van der Waals surface area contributed by atoms with Gasteiger partial charge in [0, 0.05) is 16.5 Å². The zero-order chi connectivity index (χ0) is 9.84. The molecule has 0 heterocycles. The molecule has 1 rings (SSSR count). The summed E-state index contributed by atoms with van der Waals surface area (Å²) in [6, 6.07) is 4.68. The van der Waals surface area contributed by atoms with Gasteiger partial charge in [-0.05, 0) is 18.2 Å². The standard InChI is InChI=1S/C9H4Cl2O2.ClH/c10-7-3-1-6(8(11)5-7)2-4-9(12)13;/h1,3,5H,(H,12,13);1H. The smallest absolute Gasteiger partial charge is 0.382 e. The van der Waals surface area contributed by atoms with E-state index in [1.165, 1.54) is 6.07 Å². The van der Waals surface area contributed by atoms with Gasteiger partial charge in [-0.15, -0.1) is 12.4 Å². The van der Waals surface area contributed by atoms with Crippen LogP contribution in [0.1, 0.15) is 5.56 Å². The van der Waals surface area contributed by atoms with E-state index in [9.17, 15) is 4.79 Å². The lowest BCUT2D eigenvalue weighted by molar-refractivity contribution is -0.130. The lowest BCUT2D eigenvalue weighted by atomic mass is 10.2. The maximum absolute atomic E-state index is 10.1. The molecule has 1 aromatic carbocycles. The Labute approximate surface area is 97.2 Å². The van der Waals surface area contributed by atoms with Crippen molar-refractivity contribution in [3.8, 4) is 11.8 Å². The van der Waals surface area contributed by atoms with Gasteiger partial charge in [-0.25, -0.2) is 4.79 Å². The van der Waals surface area contributed by atoms with E-state index in [2.05, 4.69) is 5.92 Å². The maximum Gasteiger partial charge on any atom is 0.382 e. The molecule has 1 aromatic rings. The topological polar surface area (TPSA) is 37.3 Å². The van der Waals surface area contributed by atoms with Gasteiger partial charge in [0.25, 0.3) is 0 Å². The molecule has 0 aromatic heterocycles. The van der Waals surface area contributed by atoms with Gasteiger partial charge in [0.2, 0.25) is 0 Å². The molecule has 74 valence electrons. The van der Waals surface area contributed by atoms with Crippen molar-refractivity contribution >= 4 is 41.6 Å². The van der Waals surface area contributed by atoms with Crippen LogP contribution < -0.4 is 0 Å². The average molecular weight is 251 g/mol. The van der Waals surface area contributed by atoms with E-state index >= 15 is 0 Å². The first kappa shape index (κ1) is 13.1. The monoisotopic (exact) mass is 250 g/mol. The average Bonchev–Trinajstić information content (AvgIpc) is 2.02. The van der Waals surface area contributed by atoms with E-state index in [1.54, 1.807) is 12.1 Å². The molecule has 14 heavy (non-hydrogen) atoms. The Bertz CT molecular complexity index is 404. The number of carboxylic acids is 1. The predicted octanol–water partition coefficient (Wildman–Crippen LogP) is 2.85. The van der Waals surface area contributed by atoms with Gasteiger partial charge in [0.1, 0.15) is 0 Å². The Balaban J connectivity index is 0.00000169. The molecule has 5 heteroatoms. The van der Waals surface area contributed by atoms with Gasteiger partial charge in [-0.2, -0.15) is 0 Å². The third-order valence-corrected chi connectivity index (χ3v) is 1.78. The second-order valence-electron chi connectivity index (χ2n) is 2.18. The molecular formula is C9H5Cl3O2. The van der Waals surface area contributed by atoms with Gasteiger partial charge in [0.15, 0.2) is 0 Å². The highest BCUT2D eigenvalue weighted by atomic mass is 35.5. The van der Waals surface area contributed by atoms with Crippen LogP contribution in [-0.2, 0) is 4.79 Å². The molecule has 0 aliphatic heterocycles. The molecule has 0 atom stereocenters. The summed E-state index contributed by atoms with van der Waals surface area (Å²) in [4.78, 5) is 10.1. The van der Waals surface area contributed by atoms with Crippen molar-refractivity contribution in [1.82, 2.24) is 0 Å². The Morgan fingerprint density at radius 2 is 2.00 bits per heavy atom. The number of aliphatic carboxylic acids is 1. The van der Waals surface area contributed by atoms with Crippen molar-refractivity contribution in [3.63, 3.8) is 0 Å². The van der Waals surface area contributed by atoms with Crippen LogP contribution in [0.5, 0.6) is 0 Å². The number of rotatable bonds is 0. The summed E-state index contributed by atoms with van der Waals surface area (Å²) in [5.74, 6) is 3.17. The van der Waals surface area contributed by atoms with Crippen LogP contribution in [0.4, 0.5) is 0 Å². The van der Waals surface area contributed by atoms with Crippen LogP contribution in [0.15, 0.2) is 18.2 Å². The van der Waals surface area contributed by atoms with Gasteiger partial charge >= 0.3 is 5.97 Å². The fraction of sp³-hybridized carbons (Fsp3) is 0. The molecular weight excluding hydrogens is 246 g/mol. The second kappa shape index (κ2) is 5.77. The zero-order valence-electron chi connectivity index (χ0n) is 6.75. The van der Waals surface area contributed by atoms with Crippen molar-refractivity contribution < 1.29 is 9.90 Å². The van der Waals surface area contributed by atoms with E-state index in [1.807, 2.05) is 5.92 Å². The Hall–Kier alpha value is -0.880. The molecule has 0 unspecified atom stereocenters. The summed E-state index contributed by atoms with van der Waals surface area (Å²) >= 11 is 11.4. The molecule has 0 bridgehead atoms. The van der Waals surface area contributed by atoms with Crippen LogP contribution in [0.2, 0.25) is 10.0 Å². The van der Waals surface area contributed by atoms with E-state index in [-0.39, 0.29) is 12.4 Å². The Morgan fingerprint density at radius 3 is 2.50 bits per heavy atom. The first-order valence-corrected chi connectivity index (χ1v) is 4.05. The lowest BCUT2D eigenvalue weighted by Gasteiger charge is -1.94. The summed E-state index contributed by atoms with van der Waals surface area (Å²) in [5.41, 5.74) is 0.452. The molecule has 0 spiro atoms. The first-order chi connectivity index (χ1) is 6.09. The van der Waals surface area contributed by atoms with Crippen LogP contribution in [-0.4, -0.2) is 11.1 Å². The van der Waals surface area contributed by atoms with Crippen molar-refractivity contribution in [2.24, 2.45) is 0 Å². The third kappa shape index (κ3) is 3.89. The second-order valence-corrected chi connectivity index (χ2v) is 3.02. The summed E-state index contributed by atoms with van der Waals surface area (Å²) in [6.07, 6.45) is 0. The molecule has 0 fully saturated rings. The third-order valence-electron chi connectivity index (χ3n) is 1.24. The molecule has 0 radical (unpaired) electrons. The Morgan fingerprint density at radius 1 is 1.36 bits per heavy atom. The fourth-order valence-corrected chi connectivity index (χ4v) is 1.17. The highest BCUT2D eigenvalue weighted by Gasteiger charge is 1.97. The minimum Gasteiger partial charge on any atom is -0.472 e. The normalized spacial score (nSPS) is 8.14. The van der Waals surface area contributed by atoms with Crippen molar-refractivity contribution in [2.45, 2.75) is 0 Å². The van der Waals surface area contributed by atoms with E-state index in [0.717, 1.165) is 0 Å². The van der Waals surface area contributed by atoms with Gasteiger partial charge in [-0.1, -0.05) is 29.1 Å². The van der Waals surface area contributed by atoms with E-state index in [0.29, 0.717) is 15.6 Å². The quantitative estimate of drug-likeness (QED) is 0.720. The largest absolute Gasteiger partial charge is 0.472 e. The molecule has 1 N–H and O–H groups in total. The minimum absolute atomic E-state index is 0. The molecule has 0 saturated heterocycles. The highest BCUT2D eigenvalue weighted by molar-refractivity contribution is 6.35. The number of carboxylic acid groups (broad SMARTS) is 1. The van der Waals surface area contributed by atoms with Crippen LogP contribution in [0, 0.1) is 11.8 Å². The maximum atomic E-state index is 10.1. The van der Waals surface area contributed by atoms with Crippen LogP contribution >= 0.6 is 35.6 Å². The number of hydrogen-bond donors (Lipinski definition) is 1. The SMILES string of the molecule is Cl.O=C(O)C#Cc1ccc(Cl)cc1Cl. The van der Waals surface area contributed by atoms with Gasteiger partial charge < -0.3 is 5.11 Å².